The highest BCUT2D eigenvalue weighted by molar-refractivity contribution is 7.87. The molecular weight excluding hydrogens is 206 g/mol. The summed E-state index contributed by atoms with van der Waals surface area (Å²) in [6.07, 6.45) is 0.827. The van der Waals surface area contributed by atoms with Crippen molar-refractivity contribution in [2.75, 3.05) is 11.5 Å². The first-order valence-electron chi connectivity index (χ1n) is 3.73. The zero-order chi connectivity index (χ0) is 9.84. The molecule has 4 nitrogen and oxygen atoms in total. The Bertz CT molecular complexity index is 366. The van der Waals surface area contributed by atoms with Crippen molar-refractivity contribution in [1.29, 1.82) is 5.26 Å². The van der Waals surface area contributed by atoms with Gasteiger partial charge in [0.25, 0.3) is 0 Å². The minimum absolute atomic E-state index is 0.187. The molecule has 0 spiro atoms. The smallest absolute Gasteiger partial charge is 0.184 e. The average molecular weight is 215 g/mol. The van der Waals surface area contributed by atoms with Crippen LogP contribution >= 0.6 is 11.3 Å². The van der Waals surface area contributed by atoms with Crippen LogP contribution in [0.5, 0.6) is 0 Å². The van der Waals surface area contributed by atoms with Crippen molar-refractivity contribution >= 4 is 28.0 Å². The summed E-state index contributed by atoms with van der Waals surface area (Å²) in [7, 11) is -1.10. The molecular formula is C7H9N3OS2. The third-order valence-electron chi connectivity index (χ3n) is 1.32. The summed E-state index contributed by atoms with van der Waals surface area (Å²) < 4.78 is 11.9. The fraction of sp³-hybridized carbons (Fsp3) is 0.429. The first-order chi connectivity index (χ1) is 6.19. The van der Waals surface area contributed by atoms with E-state index in [4.69, 9.17) is 11.0 Å². The molecule has 0 saturated carbocycles. The molecule has 1 aromatic rings. The van der Waals surface area contributed by atoms with E-state index in [0.29, 0.717) is 15.0 Å². The molecule has 1 rings (SSSR count). The highest BCUT2D eigenvalue weighted by Gasteiger charge is 2.12. The molecule has 0 fully saturated rings. The topological polar surface area (TPSA) is 79.8 Å². The fourth-order valence-corrected chi connectivity index (χ4v) is 2.89. The van der Waals surface area contributed by atoms with Crippen LogP contribution in [0.1, 0.15) is 18.2 Å². The monoisotopic (exact) mass is 215 g/mol. The van der Waals surface area contributed by atoms with Crippen molar-refractivity contribution in [2.24, 2.45) is 0 Å². The van der Waals surface area contributed by atoms with E-state index < -0.39 is 10.8 Å². The lowest BCUT2D eigenvalue weighted by molar-refractivity contribution is 0.681. The molecule has 1 heterocycles. The Labute approximate surface area is 82.9 Å². The molecule has 1 aromatic heterocycles. The van der Waals surface area contributed by atoms with Crippen LogP contribution in [0.25, 0.3) is 0 Å². The first-order valence-corrected chi connectivity index (χ1v) is 5.87. The molecule has 0 aromatic carbocycles. The van der Waals surface area contributed by atoms with Crippen LogP contribution in [0.2, 0.25) is 0 Å². The number of rotatable bonds is 3. The van der Waals surface area contributed by atoms with E-state index in [1.54, 1.807) is 0 Å². The maximum absolute atomic E-state index is 11.4. The fourth-order valence-electron chi connectivity index (χ4n) is 0.762. The van der Waals surface area contributed by atoms with E-state index in [0.717, 1.165) is 17.8 Å². The van der Waals surface area contributed by atoms with Crippen LogP contribution in [0.15, 0.2) is 4.34 Å². The van der Waals surface area contributed by atoms with Crippen LogP contribution < -0.4 is 5.73 Å². The molecule has 0 saturated heterocycles. The quantitative estimate of drug-likeness (QED) is 0.819. The highest BCUT2D eigenvalue weighted by atomic mass is 32.2. The molecule has 1 unspecified atom stereocenters. The van der Waals surface area contributed by atoms with Crippen LogP contribution in [-0.2, 0) is 10.8 Å². The third kappa shape index (κ3) is 2.26. The standard InChI is InChI=1S/C7H9N3OS2/c1-2-3-13(11)7-10-6(9)5(4-8)12-7/h2-3,9H2,1H3. The minimum atomic E-state index is -1.10. The Morgan fingerprint density at radius 1 is 1.77 bits per heavy atom. The van der Waals surface area contributed by atoms with Gasteiger partial charge in [0.1, 0.15) is 10.9 Å². The van der Waals surface area contributed by atoms with Gasteiger partial charge in [0.05, 0.1) is 10.8 Å². The van der Waals surface area contributed by atoms with Gasteiger partial charge in [-0.25, -0.2) is 4.98 Å². The van der Waals surface area contributed by atoms with E-state index in [1.165, 1.54) is 0 Å². The Kier molecular flexibility index (Phi) is 3.39. The molecule has 1 atom stereocenters. The Morgan fingerprint density at radius 2 is 2.46 bits per heavy atom. The summed E-state index contributed by atoms with van der Waals surface area (Å²) in [5.74, 6) is 0.754. The van der Waals surface area contributed by atoms with Crippen LogP contribution in [-0.4, -0.2) is 14.9 Å². The number of hydrogen-bond acceptors (Lipinski definition) is 5. The number of anilines is 1. The van der Waals surface area contributed by atoms with E-state index in [-0.39, 0.29) is 5.82 Å². The van der Waals surface area contributed by atoms with Crippen molar-refractivity contribution in [3.63, 3.8) is 0 Å². The van der Waals surface area contributed by atoms with Crippen molar-refractivity contribution in [1.82, 2.24) is 4.98 Å². The molecule has 13 heavy (non-hydrogen) atoms. The number of nitrogens with two attached hydrogens (primary N) is 1. The normalized spacial score (nSPS) is 12.3. The first kappa shape index (κ1) is 10.2. The van der Waals surface area contributed by atoms with E-state index in [1.807, 2.05) is 13.0 Å². The van der Waals surface area contributed by atoms with E-state index in [9.17, 15) is 4.21 Å². The highest BCUT2D eigenvalue weighted by Crippen LogP contribution is 2.22. The lowest BCUT2D eigenvalue weighted by Gasteiger charge is -1.91. The predicted molar refractivity (Wildman–Crippen MR) is 52.8 cm³/mol. The summed E-state index contributed by atoms with van der Waals surface area (Å²) in [5, 5.41) is 8.58. The summed E-state index contributed by atoms with van der Waals surface area (Å²) in [5.41, 5.74) is 5.43. The molecule has 0 aliphatic carbocycles. The average Bonchev–Trinajstić information content (AvgIpc) is 2.47. The van der Waals surface area contributed by atoms with Crippen molar-refractivity contribution < 1.29 is 4.21 Å². The zero-order valence-electron chi connectivity index (χ0n) is 7.11. The van der Waals surface area contributed by atoms with Gasteiger partial charge in [-0.3, -0.25) is 4.21 Å². The van der Waals surface area contributed by atoms with Crippen molar-refractivity contribution in [2.45, 2.75) is 17.7 Å². The van der Waals surface area contributed by atoms with Crippen LogP contribution in [0.3, 0.4) is 0 Å². The summed E-state index contributed by atoms with van der Waals surface area (Å²) in [4.78, 5) is 4.22. The molecule has 0 radical (unpaired) electrons. The maximum atomic E-state index is 11.4. The lowest BCUT2D eigenvalue weighted by Crippen LogP contribution is -1.96. The van der Waals surface area contributed by atoms with E-state index in [2.05, 4.69) is 4.98 Å². The molecule has 0 bridgehead atoms. The number of hydrogen-bond donors (Lipinski definition) is 1. The van der Waals surface area contributed by atoms with Gasteiger partial charge in [0.2, 0.25) is 0 Å². The second-order valence-corrected chi connectivity index (χ2v) is 5.10. The third-order valence-corrected chi connectivity index (χ3v) is 4.16. The van der Waals surface area contributed by atoms with Gasteiger partial charge >= 0.3 is 0 Å². The number of nitrogen functional groups attached to an aromatic ring is 1. The second kappa shape index (κ2) is 4.35. The predicted octanol–water partition coefficient (Wildman–Crippen LogP) is 1.11. The zero-order valence-corrected chi connectivity index (χ0v) is 8.74. The van der Waals surface area contributed by atoms with Crippen LogP contribution in [0.4, 0.5) is 5.82 Å². The maximum Gasteiger partial charge on any atom is 0.184 e. The van der Waals surface area contributed by atoms with Gasteiger partial charge in [-0.1, -0.05) is 18.3 Å². The lowest BCUT2D eigenvalue weighted by atomic mass is 10.6. The SMILES string of the molecule is CCCS(=O)c1nc(N)c(C#N)s1. The molecule has 6 heteroatoms. The number of nitriles is 1. The van der Waals surface area contributed by atoms with Crippen molar-refractivity contribution in [3.8, 4) is 6.07 Å². The van der Waals surface area contributed by atoms with Gasteiger partial charge in [-0.15, -0.1) is 0 Å². The number of thiazole rings is 1. The summed E-state index contributed by atoms with van der Waals surface area (Å²) in [6.45, 7) is 1.94. The van der Waals surface area contributed by atoms with Crippen LogP contribution in [0, 0.1) is 11.3 Å². The summed E-state index contributed by atoms with van der Waals surface area (Å²) >= 11 is 1.11. The van der Waals surface area contributed by atoms with Gasteiger partial charge in [-0.05, 0) is 6.42 Å². The van der Waals surface area contributed by atoms with Gasteiger partial charge < -0.3 is 5.73 Å². The second-order valence-electron chi connectivity index (χ2n) is 2.36. The van der Waals surface area contributed by atoms with Gasteiger partial charge in [-0.2, -0.15) is 5.26 Å². The van der Waals surface area contributed by atoms with Gasteiger partial charge in [0, 0.05) is 5.75 Å². The number of aromatic nitrogens is 1. The Balaban J connectivity index is 2.92. The van der Waals surface area contributed by atoms with Gasteiger partial charge in [0.15, 0.2) is 10.2 Å². The molecule has 0 aliphatic rings. The Hall–Kier alpha value is -0.930. The summed E-state index contributed by atoms with van der Waals surface area (Å²) in [6, 6.07) is 1.91. The molecule has 0 amide bonds. The number of nitrogens with zero attached hydrogens (tertiary/aromatic N) is 2. The largest absolute Gasteiger partial charge is 0.382 e. The van der Waals surface area contributed by atoms with E-state index >= 15 is 0 Å². The molecule has 2 N–H and O–H groups in total. The molecule has 0 aliphatic heterocycles. The van der Waals surface area contributed by atoms with Crippen molar-refractivity contribution in [3.05, 3.63) is 4.88 Å². The molecule has 70 valence electrons. The minimum Gasteiger partial charge on any atom is -0.382 e. The Morgan fingerprint density at radius 3 is 2.92 bits per heavy atom.